The molecule has 120 valence electrons. The summed E-state index contributed by atoms with van der Waals surface area (Å²) in [6, 6.07) is 8.29. The van der Waals surface area contributed by atoms with Gasteiger partial charge in [0.2, 0.25) is 5.88 Å². The lowest BCUT2D eigenvalue weighted by Gasteiger charge is -2.34. The topological polar surface area (TPSA) is 47.1 Å². The Morgan fingerprint density at radius 1 is 1.26 bits per heavy atom. The fourth-order valence-electron chi connectivity index (χ4n) is 3.57. The second kappa shape index (κ2) is 5.81. The standard InChI is InChI=1S/C18H22N4O/c1-3-21-12-5-4-8-15(21)18-20-14-7-6-11-19-17(14)22(18)16-10-9-13(2)23-16/h6-7,9-11,15H,3-5,8,12H2,1-2H3. The number of hydrogen-bond donors (Lipinski definition) is 0. The number of aryl methyl sites for hydroxylation is 1. The summed E-state index contributed by atoms with van der Waals surface area (Å²) >= 11 is 0. The number of aromatic nitrogens is 3. The van der Waals surface area contributed by atoms with Crippen LogP contribution >= 0.6 is 0 Å². The van der Waals surface area contributed by atoms with E-state index in [0.717, 1.165) is 48.1 Å². The van der Waals surface area contributed by atoms with E-state index in [1.807, 2.05) is 37.4 Å². The van der Waals surface area contributed by atoms with Gasteiger partial charge in [-0.05, 0) is 51.1 Å². The minimum atomic E-state index is 0.327. The molecule has 0 saturated carbocycles. The van der Waals surface area contributed by atoms with E-state index in [9.17, 15) is 0 Å². The molecule has 3 aromatic heterocycles. The minimum Gasteiger partial charge on any atom is -0.445 e. The van der Waals surface area contributed by atoms with Crippen LogP contribution in [0.15, 0.2) is 34.9 Å². The van der Waals surface area contributed by atoms with E-state index in [1.165, 1.54) is 12.8 Å². The first kappa shape index (κ1) is 14.5. The molecular weight excluding hydrogens is 288 g/mol. The van der Waals surface area contributed by atoms with Gasteiger partial charge in [0.1, 0.15) is 17.1 Å². The highest BCUT2D eigenvalue weighted by Crippen LogP contribution is 2.33. The number of piperidine rings is 1. The van der Waals surface area contributed by atoms with Gasteiger partial charge in [0, 0.05) is 12.3 Å². The van der Waals surface area contributed by atoms with Gasteiger partial charge in [0.15, 0.2) is 5.65 Å². The van der Waals surface area contributed by atoms with E-state index in [1.54, 1.807) is 0 Å². The van der Waals surface area contributed by atoms with Gasteiger partial charge in [-0.25, -0.2) is 14.5 Å². The SMILES string of the molecule is CCN1CCCCC1c1nc2cccnc2n1-c1ccc(C)o1. The summed E-state index contributed by atoms with van der Waals surface area (Å²) in [5.41, 5.74) is 1.80. The van der Waals surface area contributed by atoms with Crippen molar-refractivity contribution >= 4 is 11.2 Å². The quantitative estimate of drug-likeness (QED) is 0.737. The average molecular weight is 310 g/mol. The van der Waals surface area contributed by atoms with Gasteiger partial charge in [-0.1, -0.05) is 13.3 Å². The van der Waals surface area contributed by atoms with E-state index in [-0.39, 0.29) is 0 Å². The summed E-state index contributed by atoms with van der Waals surface area (Å²) in [5.74, 6) is 2.76. The molecule has 0 N–H and O–H groups in total. The molecule has 0 aliphatic carbocycles. The summed E-state index contributed by atoms with van der Waals surface area (Å²) < 4.78 is 8.00. The number of nitrogens with zero attached hydrogens (tertiary/aromatic N) is 4. The predicted octanol–water partition coefficient (Wildman–Crippen LogP) is 3.87. The van der Waals surface area contributed by atoms with Crippen LogP contribution in [0.4, 0.5) is 0 Å². The Hall–Kier alpha value is -2.14. The Balaban J connectivity index is 1.91. The van der Waals surface area contributed by atoms with Crippen molar-refractivity contribution < 1.29 is 4.42 Å². The number of fused-ring (bicyclic) bond motifs is 1. The molecule has 0 bridgehead atoms. The molecular formula is C18H22N4O. The summed E-state index contributed by atoms with van der Waals surface area (Å²) in [7, 11) is 0. The van der Waals surface area contributed by atoms with E-state index in [0.29, 0.717) is 6.04 Å². The van der Waals surface area contributed by atoms with Crippen molar-refractivity contribution in [3.05, 3.63) is 42.0 Å². The van der Waals surface area contributed by atoms with Crippen molar-refractivity contribution in [2.75, 3.05) is 13.1 Å². The largest absolute Gasteiger partial charge is 0.445 e. The number of rotatable bonds is 3. The van der Waals surface area contributed by atoms with Crippen LogP contribution < -0.4 is 0 Å². The van der Waals surface area contributed by atoms with Crippen molar-refractivity contribution in [3.63, 3.8) is 0 Å². The van der Waals surface area contributed by atoms with Crippen LogP contribution in [0.5, 0.6) is 0 Å². The van der Waals surface area contributed by atoms with Crippen LogP contribution in [-0.4, -0.2) is 32.5 Å². The van der Waals surface area contributed by atoms with Crippen molar-refractivity contribution in [3.8, 4) is 5.88 Å². The van der Waals surface area contributed by atoms with E-state index in [4.69, 9.17) is 9.40 Å². The maximum absolute atomic E-state index is 5.90. The van der Waals surface area contributed by atoms with Crippen LogP contribution in [0.25, 0.3) is 17.0 Å². The van der Waals surface area contributed by atoms with Crippen LogP contribution in [-0.2, 0) is 0 Å². The fourth-order valence-corrected chi connectivity index (χ4v) is 3.57. The summed E-state index contributed by atoms with van der Waals surface area (Å²) in [5, 5.41) is 0. The lowest BCUT2D eigenvalue weighted by atomic mass is 10.0. The molecule has 1 aliphatic heterocycles. The number of pyridine rings is 1. The van der Waals surface area contributed by atoms with Gasteiger partial charge < -0.3 is 4.42 Å². The molecule has 3 aromatic rings. The highest BCUT2D eigenvalue weighted by molar-refractivity contribution is 5.73. The second-order valence-electron chi connectivity index (χ2n) is 6.18. The minimum absolute atomic E-state index is 0.327. The van der Waals surface area contributed by atoms with Crippen LogP contribution in [0.1, 0.15) is 43.8 Å². The molecule has 0 spiro atoms. The van der Waals surface area contributed by atoms with Gasteiger partial charge in [0.25, 0.3) is 0 Å². The second-order valence-corrected chi connectivity index (χ2v) is 6.18. The first-order valence-corrected chi connectivity index (χ1v) is 8.42. The zero-order chi connectivity index (χ0) is 15.8. The molecule has 4 heterocycles. The van der Waals surface area contributed by atoms with Crippen molar-refractivity contribution in [2.45, 2.75) is 39.2 Å². The smallest absolute Gasteiger partial charge is 0.206 e. The Morgan fingerprint density at radius 2 is 2.17 bits per heavy atom. The molecule has 1 aliphatic rings. The molecule has 5 heteroatoms. The Morgan fingerprint density at radius 3 is 2.96 bits per heavy atom. The summed E-state index contributed by atoms with van der Waals surface area (Å²) in [6.45, 7) is 6.36. The number of likely N-dealkylation sites (tertiary alicyclic amines) is 1. The van der Waals surface area contributed by atoms with Crippen LogP contribution in [0.2, 0.25) is 0 Å². The zero-order valence-electron chi connectivity index (χ0n) is 13.7. The Labute approximate surface area is 135 Å². The number of furan rings is 1. The molecule has 1 atom stereocenters. The third-order valence-corrected chi connectivity index (χ3v) is 4.71. The van der Waals surface area contributed by atoms with E-state index in [2.05, 4.69) is 21.4 Å². The lowest BCUT2D eigenvalue weighted by Crippen LogP contribution is -2.34. The molecule has 1 fully saturated rings. The Bertz CT molecular complexity index is 819. The highest BCUT2D eigenvalue weighted by atomic mass is 16.4. The summed E-state index contributed by atoms with van der Waals surface area (Å²) in [4.78, 5) is 12.0. The predicted molar refractivity (Wildman–Crippen MR) is 89.7 cm³/mol. The summed E-state index contributed by atoms with van der Waals surface area (Å²) in [6.07, 6.45) is 5.47. The molecule has 0 amide bonds. The van der Waals surface area contributed by atoms with Crippen LogP contribution in [0.3, 0.4) is 0 Å². The Kier molecular flexibility index (Phi) is 3.65. The van der Waals surface area contributed by atoms with Gasteiger partial charge in [-0.15, -0.1) is 0 Å². The van der Waals surface area contributed by atoms with Gasteiger partial charge >= 0.3 is 0 Å². The number of hydrogen-bond acceptors (Lipinski definition) is 4. The average Bonchev–Trinajstić information content (AvgIpc) is 3.17. The van der Waals surface area contributed by atoms with E-state index >= 15 is 0 Å². The third-order valence-electron chi connectivity index (χ3n) is 4.71. The molecule has 5 nitrogen and oxygen atoms in total. The molecule has 1 saturated heterocycles. The van der Waals surface area contributed by atoms with Gasteiger partial charge in [0.05, 0.1) is 6.04 Å². The highest BCUT2D eigenvalue weighted by Gasteiger charge is 2.29. The first-order chi connectivity index (χ1) is 11.3. The molecule has 0 radical (unpaired) electrons. The maximum Gasteiger partial charge on any atom is 0.206 e. The zero-order valence-corrected chi connectivity index (χ0v) is 13.7. The third kappa shape index (κ3) is 2.45. The first-order valence-electron chi connectivity index (χ1n) is 8.42. The fraction of sp³-hybridized carbons (Fsp3) is 0.444. The van der Waals surface area contributed by atoms with Gasteiger partial charge in [-0.3, -0.25) is 4.90 Å². The van der Waals surface area contributed by atoms with Crippen molar-refractivity contribution in [1.29, 1.82) is 0 Å². The lowest BCUT2D eigenvalue weighted by molar-refractivity contribution is 0.148. The van der Waals surface area contributed by atoms with Crippen LogP contribution in [0, 0.1) is 6.92 Å². The van der Waals surface area contributed by atoms with Gasteiger partial charge in [-0.2, -0.15) is 0 Å². The molecule has 23 heavy (non-hydrogen) atoms. The van der Waals surface area contributed by atoms with Crippen molar-refractivity contribution in [2.24, 2.45) is 0 Å². The van der Waals surface area contributed by atoms with Crippen molar-refractivity contribution in [1.82, 2.24) is 19.4 Å². The normalized spacial score (nSPS) is 19.5. The molecule has 1 unspecified atom stereocenters. The maximum atomic E-state index is 5.90. The van der Waals surface area contributed by atoms with E-state index < -0.39 is 0 Å². The number of imidazole rings is 1. The molecule has 4 rings (SSSR count). The molecule has 0 aromatic carbocycles. The monoisotopic (exact) mass is 310 g/mol.